The van der Waals surface area contributed by atoms with Crippen LogP contribution in [0.4, 0.5) is 10.5 Å². The van der Waals surface area contributed by atoms with E-state index in [9.17, 15) is 9.59 Å². The minimum atomic E-state index is -0.226. The maximum atomic E-state index is 12.2. The van der Waals surface area contributed by atoms with E-state index in [0.29, 0.717) is 17.3 Å². The SMILES string of the molecule is Cn1cnn(-c2ccc(NC(=O)NC3CC3c3ccccc3)cc2)c1=O. The van der Waals surface area contributed by atoms with Gasteiger partial charge in [-0.15, -0.1) is 0 Å². The zero-order valence-electron chi connectivity index (χ0n) is 14.3. The van der Waals surface area contributed by atoms with Crippen molar-refractivity contribution in [3.8, 4) is 5.69 Å². The molecule has 0 spiro atoms. The van der Waals surface area contributed by atoms with Crippen molar-refractivity contribution in [1.82, 2.24) is 19.7 Å². The van der Waals surface area contributed by atoms with Gasteiger partial charge in [-0.3, -0.25) is 4.57 Å². The average molecular weight is 349 g/mol. The van der Waals surface area contributed by atoms with E-state index in [0.717, 1.165) is 6.42 Å². The maximum Gasteiger partial charge on any atom is 0.350 e. The number of nitrogens with zero attached hydrogens (tertiary/aromatic N) is 3. The van der Waals surface area contributed by atoms with Gasteiger partial charge >= 0.3 is 11.7 Å². The summed E-state index contributed by atoms with van der Waals surface area (Å²) < 4.78 is 2.71. The summed E-state index contributed by atoms with van der Waals surface area (Å²) >= 11 is 0. The first-order valence-electron chi connectivity index (χ1n) is 8.45. The smallest absolute Gasteiger partial charge is 0.334 e. The van der Waals surface area contributed by atoms with E-state index < -0.39 is 0 Å². The van der Waals surface area contributed by atoms with Crippen molar-refractivity contribution in [3.05, 3.63) is 77.0 Å². The van der Waals surface area contributed by atoms with E-state index in [-0.39, 0.29) is 17.8 Å². The van der Waals surface area contributed by atoms with Crippen LogP contribution in [0.1, 0.15) is 17.9 Å². The fourth-order valence-corrected chi connectivity index (χ4v) is 3.00. The molecule has 26 heavy (non-hydrogen) atoms. The molecule has 1 heterocycles. The minimum absolute atomic E-state index is 0.170. The molecular formula is C19H19N5O2. The maximum absolute atomic E-state index is 12.2. The summed E-state index contributed by atoms with van der Waals surface area (Å²) in [4.78, 5) is 24.1. The molecule has 0 aliphatic heterocycles. The van der Waals surface area contributed by atoms with Crippen molar-refractivity contribution in [2.24, 2.45) is 7.05 Å². The van der Waals surface area contributed by atoms with Crippen molar-refractivity contribution < 1.29 is 4.79 Å². The summed E-state index contributed by atoms with van der Waals surface area (Å²) in [6, 6.07) is 17.1. The number of rotatable bonds is 4. The van der Waals surface area contributed by atoms with Crippen molar-refractivity contribution in [3.63, 3.8) is 0 Å². The van der Waals surface area contributed by atoms with Crippen molar-refractivity contribution in [2.75, 3.05) is 5.32 Å². The summed E-state index contributed by atoms with van der Waals surface area (Å²) in [5.41, 5.74) is 2.34. The minimum Gasteiger partial charge on any atom is -0.334 e. The zero-order chi connectivity index (χ0) is 18.1. The molecule has 7 heteroatoms. The van der Waals surface area contributed by atoms with Gasteiger partial charge in [0.1, 0.15) is 6.33 Å². The molecular weight excluding hydrogens is 330 g/mol. The highest BCUT2D eigenvalue weighted by Gasteiger charge is 2.39. The molecule has 3 aromatic rings. The second-order valence-corrected chi connectivity index (χ2v) is 6.44. The van der Waals surface area contributed by atoms with Gasteiger partial charge in [0.05, 0.1) is 5.69 Å². The van der Waals surface area contributed by atoms with E-state index >= 15 is 0 Å². The number of anilines is 1. The summed E-state index contributed by atoms with van der Waals surface area (Å²) in [6.07, 6.45) is 2.42. The molecule has 2 aromatic carbocycles. The second-order valence-electron chi connectivity index (χ2n) is 6.44. The molecule has 1 aromatic heterocycles. The molecule has 1 aliphatic carbocycles. The van der Waals surface area contributed by atoms with E-state index in [1.165, 1.54) is 21.1 Å². The Balaban J connectivity index is 1.35. The van der Waals surface area contributed by atoms with Gasteiger partial charge in [0.2, 0.25) is 0 Å². The summed E-state index contributed by atoms with van der Waals surface area (Å²) in [6.45, 7) is 0. The monoisotopic (exact) mass is 349 g/mol. The predicted octanol–water partition coefficient (Wildman–Crippen LogP) is 2.25. The molecule has 2 N–H and O–H groups in total. The highest BCUT2D eigenvalue weighted by atomic mass is 16.2. The van der Waals surface area contributed by atoms with Gasteiger partial charge in [0, 0.05) is 24.7 Å². The Morgan fingerprint density at radius 2 is 1.85 bits per heavy atom. The Morgan fingerprint density at radius 3 is 2.50 bits per heavy atom. The number of carbonyl (C=O) groups is 1. The van der Waals surface area contributed by atoms with Crippen molar-refractivity contribution >= 4 is 11.7 Å². The number of aryl methyl sites for hydroxylation is 1. The van der Waals surface area contributed by atoms with Gasteiger partial charge in [-0.2, -0.15) is 9.78 Å². The molecule has 0 radical (unpaired) electrons. The lowest BCUT2D eigenvalue weighted by atomic mass is 10.1. The van der Waals surface area contributed by atoms with E-state index in [1.807, 2.05) is 18.2 Å². The Labute approximate surface area is 150 Å². The van der Waals surface area contributed by atoms with Crippen molar-refractivity contribution in [2.45, 2.75) is 18.4 Å². The Kier molecular flexibility index (Phi) is 4.04. The summed E-state index contributed by atoms with van der Waals surface area (Å²) in [5.74, 6) is 0.389. The van der Waals surface area contributed by atoms with Crippen LogP contribution < -0.4 is 16.3 Å². The number of amides is 2. The first-order valence-corrected chi connectivity index (χ1v) is 8.45. The van der Waals surface area contributed by atoms with Crippen LogP contribution in [-0.2, 0) is 7.05 Å². The molecule has 1 aliphatic rings. The fourth-order valence-electron chi connectivity index (χ4n) is 3.00. The predicted molar refractivity (Wildman–Crippen MR) is 98.5 cm³/mol. The molecule has 2 unspecified atom stereocenters. The number of nitrogens with one attached hydrogen (secondary N) is 2. The molecule has 4 rings (SSSR count). The third-order valence-corrected chi connectivity index (χ3v) is 4.53. The van der Waals surface area contributed by atoms with Crippen LogP contribution in [0.3, 0.4) is 0 Å². The van der Waals surface area contributed by atoms with Crippen LogP contribution >= 0.6 is 0 Å². The van der Waals surface area contributed by atoms with Gasteiger partial charge in [-0.05, 0) is 36.2 Å². The lowest BCUT2D eigenvalue weighted by Crippen LogP contribution is -2.31. The number of hydrogen-bond donors (Lipinski definition) is 2. The first kappa shape index (κ1) is 16.1. The molecule has 2 amide bonds. The molecule has 1 saturated carbocycles. The molecule has 2 atom stereocenters. The lowest BCUT2D eigenvalue weighted by molar-refractivity contribution is 0.251. The van der Waals surface area contributed by atoms with Crippen molar-refractivity contribution in [1.29, 1.82) is 0 Å². The molecule has 1 fully saturated rings. The topological polar surface area (TPSA) is 81.0 Å². The third kappa shape index (κ3) is 3.23. The second kappa shape index (κ2) is 6.51. The highest BCUT2D eigenvalue weighted by Crippen LogP contribution is 2.40. The van der Waals surface area contributed by atoms with E-state index in [4.69, 9.17) is 0 Å². The Hall–Kier alpha value is -3.35. The summed E-state index contributed by atoms with van der Waals surface area (Å²) in [7, 11) is 1.65. The van der Waals surface area contributed by atoms with E-state index in [1.54, 1.807) is 31.3 Å². The van der Waals surface area contributed by atoms with Gasteiger partial charge in [-0.25, -0.2) is 9.59 Å². The van der Waals surface area contributed by atoms with Gasteiger partial charge in [-0.1, -0.05) is 30.3 Å². The van der Waals surface area contributed by atoms with Crippen LogP contribution in [0.25, 0.3) is 5.69 Å². The van der Waals surface area contributed by atoms with Crippen LogP contribution in [-0.4, -0.2) is 26.4 Å². The number of urea groups is 1. The lowest BCUT2D eigenvalue weighted by Gasteiger charge is -2.08. The molecule has 0 saturated heterocycles. The Morgan fingerprint density at radius 1 is 1.12 bits per heavy atom. The quantitative estimate of drug-likeness (QED) is 0.758. The normalized spacial score (nSPS) is 18.3. The van der Waals surface area contributed by atoms with Crippen LogP contribution in [0.5, 0.6) is 0 Å². The van der Waals surface area contributed by atoms with Gasteiger partial charge in [0.15, 0.2) is 0 Å². The highest BCUT2D eigenvalue weighted by molar-refractivity contribution is 5.89. The Bertz CT molecular complexity index is 975. The molecule has 0 bridgehead atoms. The third-order valence-electron chi connectivity index (χ3n) is 4.53. The zero-order valence-corrected chi connectivity index (χ0v) is 14.3. The molecule has 7 nitrogen and oxygen atoms in total. The largest absolute Gasteiger partial charge is 0.350 e. The van der Waals surface area contributed by atoms with Crippen LogP contribution in [0.2, 0.25) is 0 Å². The molecule has 132 valence electrons. The number of carbonyl (C=O) groups excluding carboxylic acids is 1. The summed E-state index contributed by atoms with van der Waals surface area (Å²) in [5, 5.41) is 9.84. The van der Waals surface area contributed by atoms with Gasteiger partial charge in [0.25, 0.3) is 0 Å². The van der Waals surface area contributed by atoms with Crippen LogP contribution in [0, 0.1) is 0 Å². The number of aromatic nitrogens is 3. The number of benzene rings is 2. The standard InChI is InChI=1S/C19H19N5O2/c1-23-12-20-24(19(23)26)15-9-7-14(8-10-15)21-18(25)22-17-11-16(17)13-5-3-2-4-6-13/h2-10,12,16-17H,11H2,1H3,(H2,21,22,25). The van der Waals surface area contributed by atoms with E-state index in [2.05, 4.69) is 27.9 Å². The first-order chi connectivity index (χ1) is 12.6. The fraction of sp³-hybridized carbons (Fsp3) is 0.211. The van der Waals surface area contributed by atoms with Crippen LogP contribution in [0.15, 0.2) is 65.7 Å². The average Bonchev–Trinajstić information content (AvgIpc) is 3.34. The van der Waals surface area contributed by atoms with Gasteiger partial charge < -0.3 is 10.6 Å². The number of hydrogen-bond acceptors (Lipinski definition) is 3.